The highest BCUT2D eigenvalue weighted by Gasteiger charge is 2.40. The number of alkyl halides is 3. The van der Waals surface area contributed by atoms with Gasteiger partial charge in [-0.15, -0.1) is 0 Å². The molecule has 0 aliphatic rings. The fraction of sp³-hybridized carbons (Fsp3) is 0.0588. The molecule has 0 radical (unpaired) electrons. The molecule has 1 aromatic carbocycles. The SMILES string of the molecule is FC(F)(F)c1c(-c2nc(-c3ccccc3)no2)cnn1-c1ccccn1. The van der Waals surface area contributed by atoms with E-state index in [1.165, 1.54) is 12.3 Å². The minimum absolute atomic E-state index is 0.0360. The van der Waals surface area contributed by atoms with Crippen molar-refractivity contribution >= 4 is 0 Å². The molecule has 6 nitrogen and oxygen atoms in total. The Hall–Kier alpha value is -3.49. The van der Waals surface area contributed by atoms with E-state index in [2.05, 4.69) is 20.2 Å². The summed E-state index contributed by atoms with van der Waals surface area (Å²) in [6.07, 6.45) is -2.26. The number of pyridine rings is 1. The Morgan fingerprint density at radius 3 is 2.42 bits per heavy atom. The molecule has 0 spiro atoms. The van der Waals surface area contributed by atoms with Crippen LogP contribution in [0.3, 0.4) is 0 Å². The molecule has 0 saturated carbocycles. The van der Waals surface area contributed by atoms with Crippen LogP contribution in [0.5, 0.6) is 0 Å². The van der Waals surface area contributed by atoms with Gasteiger partial charge in [0.25, 0.3) is 5.89 Å². The van der Waals surface area contributed by atoms with Gasteiger partial charge in [-0.3, -0.25) is 0 Å². The number of rotatable bonds is 3. The summed E-state index contributed by atoms with van der Waals surface area (Å²) in [6.45, 7) is 0. The van der Waals surface area contributed by atoms with Gasteiger partial charge >= 0.3 is 6.18 Å². The van der Waals surface area contributed by atoms with Crippen molar-refractivity contribution in [1.82, 2.24) is 24.9 Å². The minimum Gasteiger partial charge on any atom is -0.333 e. The van der Waals surface area contributed by atoms with E-state index < -0.39 is 11.9 Å². The first-order valence-electron chi connectivity index (χ1n) is 7.50. The fourth-order valence-corrected chi connectivity index (χ4v) is 2.47. The molecule has 0 unspecified atom stereocenters. The van der Waals surface area contributed by atoms with E-state index in [1.807, 2.05) is 6.07 Å². The second-order valence-electron chi connectivity index (χ2n) is 5.29. The van der Waals surface area contributed by atoms with Crippen LogP contribution in [0.4, 0.5) is 13.2 Å². The molecule has 4 aromatic rings. The van der Waals surface area contributed by atoms with Crippen LogP contribution < -0.4 is 0 Å². The molecular formula is C17H10F3N5O. The first-order chi connectivity index (χ1) is 12.5. The quantitative estimate of drug-likeness (QED) is 0.554. The maximum atomic E-state index is 13.7. The first-order valence-corrected chi connectivity index (χ1v) is 7.50. The Labute approximate surface area is 144 Å². The number of aromatic nitrogens is 5. The second kappa shape index (κ2) is 6.10. The van der Waals surface area contributed by atoms with Crippen molar-refractivity contribution in [3.05, 3.63) is 66.6 Å². The van der Waals surface area contributed by atoms with Gasteiger partial charge in [0, 0.05) is 11.8 Å². The Bertz CT molecular complexity index is 1030. The summed E-state index contributed by atoms with van der Waals surface area (Å²) in [5, 5.41) is 7.58. The Balaban J connectivity index is 1.83. The van der Waals surface area contributed by atoms with Crippen molar-refractivity contribution in [2.45, 2.75) is 6.18 Å². The van der Waals surface area contributed by atoms with Crippen LogP contribution in [-0.4, -0.2) is 24.9 Å². The zero-order valence-corrected chi connectivity index (χ0v) is 13.1. The predicted molar refractivity (Wildman–Crippen MR) is 85.1 cm³/mol. The normalized spacial score (nSPS) is 11.7. The Kier molecular flexibility index (Phi) is 3.76. The molecule has 130 valence electrons. The fourth-order valence-electron chi connectivity index (χ4n) is 2.47. The number of halogens is 3. The van der Waals surface area contributed by atoms with E-state index >= 15 is 0 Å². The molecule has 0 saturated heterocycles. The van der Waals surface area contributed by atoms with Crippen molar-refractivity contribution in [3.63, 3.8) is 0 Å². The molecule has 3 aromatic heterocycles. The van der Waals surface area contributed by atoms with Gasteiger partial charge in [0.05, 0.1) is 11.8 Å². The second-order valence-corrected chi connectivity index (χ2v) is 5.29. The Morgan fingerprint density at radius 2 is 1.73 bits per heavy atom. The van der Waals surface area contributed by atoms with Crippen molar-refractivity contribution in [3.8, 4) is 28.7 Å². The summed E-state index contributed by atoms with van der Waals surface area (Å²) in [5.41, 5.74) is -0.703. The first kappa shape index (κ1) is 16.0. The van der Waals surface area contributed by atoms with Gasteiger partial charge in [-0.2, -0.15) is 23.3 Å². The van der Waals surface area contributed by atoms with E-state index in [9.17, 15) is 13.2 Å². The van der Waals surface area contributed by atoms with Gasteiger partial charge in [0.15, 0.2) is 11.5 Å². The Morgan fingerprint density at radius 1 is 0.962 bits per heavy atom. The monoisotopic (exact) mass is 357 g/mol. The average Bonchev–Trinajstić information content (AvgIpc) is 3.30. The van der Waals surface area contributed by atoms with Gasteiger partial charge in [-0.1, -0.05) is 41.6 Å². The molecule has 0 aliphatic heterocycles. The van der Waals surface area contributed by atoms with Gasteiger partial charge in [-0.25, -0.2) is 9.67 Å². The maximum absolute atomic E-state index is 13.7. The summed E-state index contributed by atoms with van der Waals surface area (Å²) in [7, 11) is 0. The molecule has 4 rings (SSSR count). The highest BCUT2D eigenvalue weighted by molar-refractivity contribution is 5.62. The van der Waals surface area contributed by atoms with Crippen LogP contribution in [0, 0.1) is 0 Å². The van der Waals surface area contributed by atoms with Crippen molar-refractivity contribution < 1.29 is 17.7 Å². The summed E-state index contributed by atoms with van der Waals surface area (Å²) < 4.78 is 46.8. The van der Waals surface area contributed by atoms with Gasteiger partial charge in [0.2, 0.25) is 5.82 Å². The average molecular weight is 357 g/mol. The molecule has 9 heteroatoms. The van der Waals surface area contributed by atoms with E-state index in [1.54, 1.807) is 36.4 Å². The maximum Gasteiger partial charge on any atom is 0.434 e. The third-order valence-electron chi connectivity index (χ3n) is 3.59. The highest BCUT2D eigenvalue weighted by atomic mass is 19.4. The molecule has 0 aliphatic carbocycles. The summed E-state index contributed by atoms with van der Waals surface area (Å²) in [6, 6.07) is 13.4. The lowest BCUT2D eigenvalue weighted by Gasteiger charge is -2.10. The molecule has 0 atom stereocenters. The number of benzene rings is 1. The van der Waals surface area contributed by atoms with Crippen molar-refractivity contribution in [2.24, 2.45) is 0 Å². The van der Waals surface area contributed by atoms with E-state index in [0.29, 0.717) is 10.2 Å². The third-order valence-corrected chi connectivity index (χ3v) is 3.59. The summed E-state index contributed by atoms with van der Waals surface area (Å²) in [4.78, 5) is 8.00. The van der Waals surface area contributed by atoms with Crippen LogP contribution in [-0.2, 0) is 6.18 Å². The molecule has 3 heterocycles. The lowest BCUT2D eigenvalue weighted by molar-refractivity contribution is -0.142. The van der Waals surface area contributed by atoms with Crippen LogP contribution in [0.25, 0.3) is 28.7 Å². The number of hydrogen-bond donors (Lipinski definition) is 0. The molecule has 26 heavy (non-hydrogen) atoms. The highest BCUT2D eigenvalue weighted by Crippen LogP contribution is 2.38. The van der Waals surface area contributed by atoms with E-state index in [-0.39, 0.29) is 23.1 Å². The molecule has 0 N–H and O–H groups in total. The van der Waals surface area contributed by atoms with E-state index in [0.717, 1.165) is 6.20 Å². The predicted octanol–water partition coefficient (Wildman–Crippen LogP) is 4.00. The van der Waals surface area contributed by atoms with E-state index in [4.69, 9.17) is 4.52 Å². The van der Waals surface area contributed by atoms with Gasteiger partial charge < -0.3 is 4.52 Å². The van der Waals surface area contributed by atoms with Gasteiger partial charge in [-0.05, 0) is 12.1 Å². The molecule has 0 bridgehead atoms. The molecule has 0 fully saturated rings. The summed E-state index contributed by atoms with van der Waals surface area (Å²) in [5.74, 6) is -0.0356. The van der Waals surface area contributed by atoms with Crippen LogP contribution in [0.2, 0.25) is 0 Å². The lowest BCUT2D eigenvalue weighted by atomic mass is 10.2. The standard InChI is InChI=1S/C17H10F3N5O/c18-17(19,20)14-12(10-22-25(14)13-8-4-5-9-21-13)16-23-15(24-26-16)11-6-2-1-3-7-11/h1-10H. The third kappa shape index (κ3) is 2.83. The molecular weight excluding hydrogens is 347 g/mol. The number of hydrogen-bond acceptors (Lipinski definition) is 5. The summed E-state index contributed by atoms with van der Waals surface area (Å²) >= 11 is 0. The van der Waals surface area contributed by atoms with Crippen molar-refractivity contribution in [1.29, 1.82) is 0 Å². The van der Waals surface area contributed by atoms with Crippen LogP contribution >= 0.6 is 0 Å². The minimum atomic E-state index is -4.69. The van der Waals surface area contributed by atoms with Crippen molar-refractivity contribution in [2.75, 3.05) is 0 Å². The topological polar surface area (TPSA) is 69.6 Å². The number of nitrogens with zero attached hydrogens (tertiary/aromatic N) is 5. The molecule has 0 amide bonds. The lowest BCUT2D eigenvalue weighted by Crippen LogP contribution is -2.15. The zero-order chi connectivity index (χ0) is 18.1. The van der Waals surface area contributed by atoms with Crippen LogP contribution in [0.1, 0.15) is 5.69 Å². The van der Waals surface area contributed by atoms with Crippen LogP contribution in [0.15, 0.2) is 65.4 Å². The smallest absolute Gasteiger partial charge is 0.333 e. The van der Waals surface area contributed by atoms with Gasteiger partial charge in [0.1, 0.15) is 0 Å². The largest absolute Gasteiger partial charge is 0.434 e. The zero-order valence-electron chi connectivity index (χ0n) is 13.1.